The third kappa shape index (κ3) is 3.47. The quantitative estimate of drug-likeness (QED) is 0.640. The van der Waals surface area contributed by atoms with Crippen LogP contribution in [0.4, 0.5) is 5.69 Å². The molecule has 1 unspecified atom stereocenters. The minimum atomic E-state index is 0.0580. The highest BCUT2D eigenvalue weighted by Gasteiger charge is 2.61. The summed E-state index contributed by atoms with van der Waals surface area (Å²) in [6.45, 7) is 10.1. The second-order valence-electron chi connectivity index (χ2n) is 11.7. The van der Waals surface area contributed by atoms with Crippen molar-refractivity contribution in [2.45, 2.75) is 78.7 Å². The molecule has 4 aliphatic rings. The summed E-state index contributed by atoms with van der Waals surface area (Å²) >= 11 is 0. The molecule has 1 saturated heterocycles. The average molecular weight is 449 g/mol. The molecule has 0 spiro atoms. The first-order chi connectivity index (χ1) is 15.8. The number of carbonyl (C=O) groups excluding carboxylic acids is 2. The van der Waals surface area contributed by atoms with Gasteiger partial charge in [-0.25, -0.2) is 0 Å². The van der Waals surface area contributed by atoms with Gasteiger partial charge in [0.1, 0.15) is 0 Å². The lowest BCUT2D eigenvalue weighted by atomic mass is 9.50. The second-order valence-corrected chi connectivity index (χ2v) is 11.7. The number of hydrogen-bond acceptors (Lipinski definition) is 3. The summed E-state index contributed by atoms with van der Waals surface area (Å²) in [4.78, 5) is 28.3. The fourth-order valence-corrected chi connectivity index (χ4v) is 8.09. The van der Waals surface area contributed by atoms with E-state index in [0.717, 1.165) is 44.3 Å². The molecule has 1 heterocycles. The van der Waals surface area contributed by atoms with Crippen LogP contribution >= 0.6 is 0 Å². The van der Waals surface area contributed by atoms with Crippen LogP contribution in [0.3, 0.4) is 0 Å². The van der Waals surface area contributed by atoms with Gasteiger partial charge in [0.25, 0.3) is 0 Å². The van der Waals surface area contributed by atoms with Crippen LogP contribution in [-0.2, 0) is 9.59 Å². The first kappa shape index (κ1) is 22.7. The topological polar surface area (TPSA) is 49.4 Å². The maximum atomic E-state index is 14.2. The molecule has 1 aromatic rings. The number of anilines is 1. The van der Waals surface area contributed by atoms with E-state index in [1.807, 2.05) is 24.3 Å². The number of rotatable bonds is 4. The van der Waals surface area contributed by atoms with E-state index in [1.54, 1.807) is 0 Å². The summed E-state index contributed by atoms with van der Waals surface area (Å²) in [5.74, 6) is 2.47. The van der Waals surface area contributed by atoms with E-state index >= 15 is 0 Å². The molecule has 0 aromatic heterocycles. The number of nitrogens with one attached hydrogen (secondary N) is 1. The molecule has 2 saturated carbocycles. The zero-order chi connectivity index (χ0) is 23.4. The number of fused-ring (bicyclic) bond motifs is 5. The molecule has 0 bridgehead atoms. The number of hydrogen-bond donors (Lipinski definition) is 1. The predicted octanol–water partition coefficient (Wildman–Crippen LogP) is 5.73. The number of piperidine rings is 1. The maximum absolute atomic E-state index is 14.2. The van der Waals surface area contributed by atoms with Gasteiger partial charge in [-0.3, -0.25) is 9.59 Å². The SMILES string of the molecule is CCC(C)N(C(=O)[C@H]1CC[C@H]2[C@@H]3CNC4=CC(=O)CC[C@]4(C)[C@H]3CC[C@]12C)c1ccccc1. The fourth-order valence-electron chi connectivity index (χ4n) is 8.09. The Labute approximate surface area is 199 Å². The summed E-state index contributed by atoms with van der Waals surface area (Å²) in [7, 11) is 0. The van der Waals surface area contributed by atoms with Crippen LogP contribution in [-0.4, -0.2) is 24.3 Å². The van der Waals surface area contributed by atoms with Gasteiger partial charge in [-0.2, -0.15) is 0 Å². The molecule has 3 aliphatic carbocycles. The molecule has 0 radical (unpaired) electrons. The first-order valence-corrected chi connectivity index (χ1v) is 13.2. The number of ketones is 1. The number of carbonyl (C=O) groups is 2. The average Bonchev–Trinajstić information content (AvgIpc) is 3.17. The van der Waals surface area contributed by atoms with Gasteiger partial charge in [0.05, 0.1) is 0 Å². The Balaban J connectivity index is 1.43. The van der Waals surface area contributed by atoms with E-state index in [9.17, 15) is 9.59 Å². The number of amides is 1. The molecule has 5 rings (SSSR count). The van der Waals surface area contributed by atoms with Crippen LogP contribution in [0.25, 0.3) is 0 Å². The van der Waals surface area contributed by atoms with Crippen LogP contribution in [0.15, 0.2) is 42.1 Å². The Hall–Kier alpha value is -2.10. The van der Waals surface area contributed by atoms with Crippen LogP contribution in [0.1, 0.15) is 72.6 Å². The molecule has 1 amide bonds. The third-order valence-corrected chi connectivity index (χ3v) is 10.2. The van der Waals surface area contributed by atoms with Crippen molar-refractivity contribution in [1.82, 2.24) is 5.32 Å². The van der Waals surface area contributed by atoms with Crippen molar-refractivity contribution >= 4 is 17.4 Å². The summed E-state index contributed by atoms with van der Waals surface area (Å²) in [5, 5.41) is 3.69. The lowest BCUT2D eigenvalue weighted by Crippen LogP contribution is -2.57. The molecule has 33 heavy (non-hydrogen) atoms. The highest BCUT2D eigenvalue weighted by molar-refractivity contribution is 5.96. The zero-order valence-electron chi connectivity index (χ0n) is 20.8. The lowest BCUT2D eigenvalue weighted by molar-refractivity contribution is -0.130. The van der Waals surface area contributed by atoms with E-state index in [-0.39, 0.29) is 28.6 Å². The van der Waals surface area contributed by atoms with Gasteiger partial charge in [-0.1, -0.05) is 39.0 Å². The maximum Gasteiger partial charge on any atom is 0.230 e. The summed E-state index contributed by atoms with van der Waals surface area (Å²) in [6.07, 6.45) is 8.91. The molecular weight excluding hydrogens is 408 g/mol. The molecule has 1 aliphatic heterocycles. The molecule has 3 fully saturated rings. The van der Waals surface area contributed by atoms with Crippen molar-refractivity contribution in [3.63, 3.8) is 0 Å². The summed E-state index contributed by atoms with van der Waals surface area (Å²) in [5.41, 5.74) is 2.36. The first-order valence-electron chi connectivity index (χ1n) is 13.2. The number of allylic oxidation sites excluding steroid dienone is 2. The molecule has 7 atom stereocenters. The van der Waals surface area contributed by atoms with Crippen molar-refractivity contribution in [2.24, 2.45) is 34.5 Å². The van der Waals surface area contributed by atoms with Gasteiger partial charge < -0.3 is 10.2 Å². The van der Waals surface area contributed by atoms with Gasteiger partial charge in [0.15, 0.2) is 5.78 Å². The Morgan fingerprint density at radius 1 is 1.12 bits per heavy atom. The van der Waals surface area contributed by atoms with E-state index in [1.165, 1.54) is 12.1 Å². The van der Waals surface area contributed by atoms with Gasteiger partial charge in [0.2, 0.25) is 5.91 Å². The van der Waals surface area contributed by atoms with Crippen LogP contribution in [0.2, 0.25) is 0 Å². The van der Waals surface area contributed by atoms with Crippen molar-refractivity contribution in [1.29, 1.82) is 0 Å². The fraction of sp³-hybridized carbons (Fsp3) is 0.655. The molecule has 1 N–H and O–H groups in total. The molecule has 4 heteroatoms. The minimum Gasteiger partial charge on any atom is -0.387 e. The van der Waals surface area contributed by atoms with E-state index in [2.05, 4.69) is 50.0 Å². The molecule has 4 nitrogen and oxygen atoms in total. The highest BCUT2D eigenvalue weighted by Crippen LogP contribution is 2.64. The summed E-state index contributed by atoms with van der Waals surface area (Å²) < 4.78 is 0. The van der Waals surface area contributed by atoms with E-state index in [0.29, 0.717) is 30.1 Å². The monoisotopic (exact) mass is 448 g/mol. The molecular formula is C29H40N2O2. The number of nitrogens with zero attached hydrogens (tertiary/aromatic N) is 1. The van der Waals surface area contributed by atoms with Crippen LogP contribution in [0.5, 0.6) is 0 Å². The summed E-state index contributed by atoms with van der Waals surface area (Å²) in [6, 6.07) is 10.5. The Bertz CT molecular complexity index is 956. The smallest absolute Gasteiger partial charge is 0.230 e. The van der Waals surface area contributed by atoms with E-state index < -0.39 is 0 Å². The van der Waals surface area contributed by atoms with Crippen molar-refractivity contribution in [3.05, 3.63) is 42.1 Å². The van der Waals surface area contributed by atoms with Crippen LogP contribution < -0.4 is 10.2 Å². The van der Waals surface area contributed by atoms with Crippen molar-refractivity contribution in [2.75, 3.05) is 11.4 Å². The van der Waals surface area contributed by atoms with Gasteiger partial charge in [-0.05, 0) is 80.8 Å². The Kier molecular flexibility index (Phi) is 5.69. The van der Waals surface area contributed by atoms with Crippen molar-refractivity contribution < 1.29 is 9.59 Å². The van der Waals surface area contributed by atoms with Gasteiger partial charge in [-0.15, -0.1) is 0 Å². The van der Waals surface area contributed by atoms with Gasteiger partial charge >= 0.3 is 0 Å². The van der Waals surface area contributed by atoms with Crippen LogP contribution in [0, 0.1) is 34.5 Å². The Morgan fingerprint density at radius 3 is 2.61 bits per heavy atom. The highest BCUT2D eigenvalue weighted by atomic mass is 16.2. The Morgan fingerprint density at radius 2 is 1.88 bits per heavy atom. The number of benzene rings is 1. The lowest BCUT2D eigenvalue weighted by Gasteiger charge is -2.58. The number of para-hydroxylation sites is 1. The normalized spacial score (nSPS) is 38.3. The van der Waals surface area contributed by atoms with Gasteiger partial charge in [0, 0.05) is 47.8 Å². The van der Waals surface area contributed by atoms with Crippen molar-refractivity contribution in [3.8, 4) is 0 Å². The van der Waals surface area contributed by atoms with E-state index in [4.69, 9.17) is 0 Å². The largest absolute Gasteiger partial charge is 0.387 e. The predicted molar refractivity (Wildman–Crippen MR) is 133 cm³/mol. The third-order valence-electron chi connectivity index (χ3n) is 10.2. The molecule has 178 valence electrons. The zero-order valence-corrected chi connectivity index (χ0v) is 20.8. The standard InChI is InChI=1S/C29H40N2O2/c1-5-19(2)31(20-9-7-6-8-10-20)27(33)25-12-11-23-22-18-30-26-17-21(32)13-15-29(26,4)24(22)14-16-28(23,25)3/h6-10,17,19,22-25,30H,5,11-16,18H2,1-4H3/t19?,22-,23-,24-,25+,28-,29+/m0/s1. The molecule has 1 aromatic carbocycles. The second kappa shape index (κ2) is 8.29. The minimum absolute atomic E-state index is 0.0580.